The number of rotatable bonds is 6. The maximum Gasteiger partial charge on any atom is 0.287 e. The molecule has 0 unspecified atom stereocenters. The fourth-order valence-corrected chi connectivity index (χ4v) is 3.18. The predicted octanol–water partition coefficient (Wildman–Crippen LogP) is 0.649. The summed E-state index contributed by atoms with van der Waals surface area (Å²) in [5.74, 6) is -0.181. The Morgan fingerprint density at radius 1 is 1.40 bits per heavy atom. The molecule has 0 aliphatic heterocycles. The van der Waals surface area contributed by atoms with Gasteiger partial charge in [-0.25, -0.2) is 13.1 Å². The first-order valence-electron chi connectivity index (χ1n) is 6.54. The van der Waals surface area contributed by atoms with Crippen LogP contribution in [0.5, 0.6) is 0 Å². The molecule has 1 aliphatic carbocycles. The third-order valence-electron chi connectivity index (χ3n) is 3.17. The molecule has 0 saturated carbocycles. The lowest BCUT2D eigenvalue weighted by Crippen LogP contribution is -2.33. The first kappa shape index (κ1) is 15.0. The summed E-state index contributed by atoms with van der Waals surface area (Å²) in [6.07, 6.45) is 3.73. The molecule has 1 N–H and O–H groups in total. The highest BCUT2D eigenvalue weighted by atomic mass is 32.2. The summed E-state index contributed by atoms with van der Waals surface area (Å²) < 4.78 is 35.4. The van der Waals surface area contributed by atoms with Crippen molar-refractivity contribution in [1.29, 1.82) is 0 Å². The highest BCUT2D eigenvalue weighted by Gasteiger charge is 2.26. The second-order valence-corrected chi connectivity index (χ2v) is 6.58. The highest BCUT2D eigenvalue weighted by Crippen LogP contribution is 2.24. The zero-order valence-corrected chi connectivity index (χ0v) is 12.2. The molecular formula is C12H18N2O5S. The Labute approximate surface area is 117 Å². The fraction of sp³-hybridized carbons (Fsp3) is 0.667. The number of nitrogens with zero attached hydrogens (tertiary/aromatic N) is 1. The van der Waals surface area contributed by atoms with E-state index in [2.05, 4.69) is 5.16 Å². The van der Waals surface area contributed by atoms with Gasteiger partial charge in [-0.15, -0.1) is 0 Å². The van der Waals surface area contributed by atoms with Crippen LogP contribution < -0.4 is 4.72 Å². The van der Waals surface area contributed by atoms with Crippen molar-refractivity contribution < 1.29 is 22.5 Å². The van der Waals surface area contributed by atoms with E-state index in [0.717, 1.165) is 24.8 Å². The summed E-state index contributed by atoms with van der Waals surface area (Å²) in [6, 6.07) is 0. The number of fused-ring (bicyclic) bond motifs is 1. The van der Waals surface area contributed by atoms with Gasteiger partial charge in [0.05, 0.1) is 5.75 Å². The van der Waals surface area contributed by atoms with Crippen molar-refractivity contribution >= 4 is 15.9 Å². The van der Waals surface area contributed by atoms with E-state index in [1.807, 2.05) is 4.72 Å². The molecule has 0 radical (unpaired) electrons. The summed E-state index contributed by atoms with van der Waals surface area (Å²) in [4.78, 5) is 12.0. The van der Waals surface area contributed by atoms with Gasteiger partial charge in [0, 0.05) is 25.7 Å². The Morgan fingerprint density at radius 3 is 2.90 bits per heavy atom. The van der Waals surface area contributed by atoms with Gasteiger partial charge in [0.25, 0.3) is 5.91 Å². The topological polar surface area (TPSA) is 98.5 Å². The molecule has 1 aromatic rings. The molecule has 1 aromatic heterocycles. The van der Waals surface area contributed by atoms with Crippen molar-refractivity contribution in [3.05, 3.63) is 17.0 Å². The van der Waals surface area contributed by atoms with Gasteiger partial charge >= 0.3 is 0 Å². The molecule has 1 aliphatic rings. The summed E-state index contributed by atoms with van der Waals surface area (Å²) in [6.45, 7) is 0.328. The van der Waals surface area contributed by atoms with Crippen molar-refractivity contribution in [2.24, 2.45) is 0 Å². The normalized spacial score (nSPS) is 14.8. The number of nitrogens with one attached hydrogen (secondary N) is 1. The number of hydrogen-bond acceptors (Lipinski definition) is 6. The van der Waals surface area contributed by atoms with E-state index in [-0.39, 0.29) is 11.4 Å². The van der Waals surface area contributed by atoms with Gasteiger partial charge in [0.15, 0.2) is 5.69 Å². The Bertz CT molecular complexity index is 579. The summed E-state index contributed by atoms with van der Waals surface area (Å²) >= 11 is 0. The summed E-state index contributed by atoms with van der Waals surface area (Å²) in [5, 5.41) is 3.70. The molecule has 20 heavy (non-hydrogen) atoms. The van der Waals surface area contributed by atoms with Gasteiger partial charge in [-0.3, -0.25) is 4.79 Å². The van der Waals surface area contributed by atoms with Crippen molar-refractivity contribution in [1.82, 2.24) is 9.88 Å². The van der Waals surface area contributed by atoms with E-state index >= 15 is 0 Å². The minimum absolute atomic E-state index is 0.0926. The number of amides is 1. The third kappa shape index (κ3) is 3.57. The van der Waals surface area contributed by atoms with E-state index in [4.69, 9.17) is 9.26 Å². The van der Waals surface area contributed by atoms with Gasteiger partial charge in [0.1, 0.15) is 5.76 Å². The van der Waals surface area contributed by atoms with E-state index in [1.54, 1.807) is 0 Å². The fourth-order valence-electron chi connectivity index (χ4n) is 2.20. The van der Waals surface area contributed by atoms with Gasteiger partial charge in [-0.2, -0.15) is 0 Å². The van der Waals surface area contributed by atoms with Crippen LogP contribution in [0.2, 0.25) is 0 Å². The minimum Gasteiger partial charge on any atom is -0.385 e. The van der Waals surface area contributed by atoms with E-state index in [9.17, 15) is 13.2 Å². The zero-order valence-electron chi connectivity index (χ0n) is 11.3. The second-order valence-electron chi connectivity index (χ2n) is 4.74. The first-order chi connectivity index (χ1) is 9.53. The average Bonchev–Trinajstić information content (AvgIpc) is 2.82. The monoisotopic (exact) mass is 302 g/mol. The largest absolute Gasteiger partial charge is 0.385 e. The highest BCUT2D eigenvalue weighted by molar-refractivity contribution is 7.90. The first-order valence-corrected chi connectivity index (χ1v) is 8.20. The number of sulfonamides is 1. The number of hydrogen-bond donors (Lipinski definition) is 1. The van der Waals surface area contributed by atoms with Crippen LogP contribution in [0, 0.1) is 0 Å². The van der Waals surface area contributed by atoms with Crippen molar-refractivity contribution in [2.75, 3.05) is 19.5 Å². The smallest absolute Gasteiger partial charge is 0.287 e. The van der Waals surface area contributed by atoms with Crippen molar-refractivity contribution in [2.45, 2.75) is 32.1 Å². The van der Waals surface area contributed by atoms with Gasteiger partial charge in [-0.05, 0) is 25.7 Å². The van der Waals surface area contributed by atoms with Gasteiger partial charge in [-0.1, -0.05) is 5.16 Å². The van der Waals surface area contributed by atoms with Crippen LogP contribution in [0.15, 0.2) is 4.52 Å². The minimum atomic E-state index is -3.67. The average molecular weight is 302 g/mol. The van der Waals surface area contributed by atoms with Crippen LogP contribution in [0.3, 0.4) is 0 Å². The maximum absolute atomic E-state index is 12.0. The number of carbonyl (C=O) groups excluding carboxylic acids is 1. The number of ether oxygens (including phenoxy) is 1. The lowest BCUT2D eigenvalue weighted by molar-refractivity contribution is 0.0971. The van der Waals surface area contributed by atoms with E-state index < -0.39 is 15.9 Å². The molecule has 1 amide bonds. The number of aromatic nitrogens is 1. The van der Waals surface area contributed by atoms with Gasteiger partial charge < -0.3 is 9.26 Å². The summed E-state index contributed by atoms with van der Waals surface area (Å²) in [5.41, 5.74) is 0.829. The van der Waals surface area contributed by atoms with Crippen LogP contribution in [-0.2, 0) is 27.6 Å². The van der Waals surface area contributed by atoms with E-state index in [1.165, 1.54) is 7.11 Å². The number of carbonyl (C=O) groups is 1. The molecule has 7 nitrogen and oxygen atoms in total. The molecule has 0 aromatic carbocycles. The van der Waals surface area contributed by atoms with Crippen molar-refractivity contribution in [3.63, 3.8) is 0 Å². The molecule has 0 fully saturated rings. The Morgan fingerprint density at radius 2 is 2.15 bits per heavy atom. The van der Waals surface area contributed by atoms with Crippen LogP contribution in [0.25, 0.3) is 0 Å². The Kier molecular flexibility index (Phi) is 4.77. The van der Waals surface area contributed by atoms with Crippen LogP contribution >= 0.6 is 0 Å². The standard InChI is InChI=1S/C12H18N2O5S/c1-18-7-4-8-20(16,17)14-12(15)11-9-5-2-3-6-10(9)19-13-11/h2-8H2,1H3,(H,14,15). The lowest BCUT2D eigenvalue weighted by atomic mass is 9.96. The third-order valence-corrected chi connectivity index (χ3v) is 4.50. The van der Waals surface area contributed by atoms with Crippen LogP contribution in [-0.4, -0.2) is 39.0 Å². The van der Waals surface area contributed by atoms with Gasteiger partial charge in [0.2, 0.25) is 10.0 Å². The predicted molar refractivity (Wildman–Crippen MR) is 70.9 cm³/mol. The maximum atomic E-state index is 12.0. The molecule has 0 bridgehead atoms. The quantitative estimate of drug-likeness (QED) is 0.775. The Balaban J connectivity index is 2.03. The molecule has 0 saturated heterocycles. The zero-order chi connectivity index (χ0) is 14.6. The summed E-state index contributed by atoms with van der Waals surface area (Å²) in [7, 11) is -2.17. The molecule has 1 heterocycles. The molecule has 112 valence electrons. The SMILES string of the molecule is COCCCS(=O)(=O)NC(=O)c1noc2c1CCCC2. The molecular weight excluding hydrogens is 284 g/mol. The molecule has 8 heteroatoms. The van der Waals surface area contributed by atoms with Crippen molar-refractivity contribution in [3.8, 4) is 0 Å². The van der Waals surface area contributed by atoms with Crippen LogP contribution in [0.4, 0.5) is 0 Å². The molecule has 2 rings (SSSR count). The Hall–Kier alpha value is -1.41. The molecule has 0 spiro atoms. The second kappa shape index (κ2) is 6.36. The van der Waals surface area contributed by atoms with E-state index in [0.29, 0.717) is 25.2 Å². The number of methoxy groups -OCH3 is 1. The lowest BCUT2D eigenvalue weighted by Gasteiger charge is -2.09. The number of aryl methyl sites for hydroxylation is 1. The van der Waals surface area contributed by atoms with Crippen LogP contribution in [0.1, 0.15) is 41.1 Å². The molecule has 0 atom stereocenters.